The van der Waals surface area contributed by atoms with Gasteiger partial charge in [-0.25, -0.2) is 9.78 Å². The number of hydrogen-bond acceptors (Lipinski definition) is 5. The molecule has 6 nitrogen and oxygen atoms in total. The molecule has 1 aromatic carbocycles. The Kier molecular flexibility index (Phi) is 6.42. The van der Waals surface area contributed by atoms with Crippen molar-refractivity contribution < 1.29 is 9.53 Å². The van der Waals surface area contributed by atoms with E-state index in [0.717, 1.165) is 49.8 Å². The van der Waals surface area contributed by atoms with E-state index in [0.29, 0.717) is 5.02 Å². The maximum atomic E-state index is 12.0. The molecule has 0 atom stereocenters. The van der Waals surface area contributed by atoms with E-state index in [1.54, 1.807) is 6.20 Å². The minimum absolute atomic E-state index is 0.436. The normalized spacial score (nSPS) is 15.4. The Morgan fingerprint density at radius 1 is 1.18 bits per heavy atom. The largest absolute Gasteiger partial charge is 0.444 e. The molecule has 7 heteroatoms. The number of rotatable bonds is 4. The van der Waals surface area contributed by atoms with Crippen LogP contribution in [0.4, 0.5) is 16.3 Å². The summed E-state index contributed by atoms with van der Waals surface area (Å²) in [6.07, 6.45) is 1.25. The fraction of sp³-hybridized carbons (Fsp3) is 0.429. The summed E-state index contributed by atoms with van der Waals surface area (Å²) >= 11 is 5.92. The lowest BCUT2D eigenvalue weighted by Crippen LogP contribution is -2.46. The van der Waals surface area contributed by atoms with E-state index < -0.39 is 11.7 Å². The van der Waals surface area contributed by atoms with Gasteiger partial charge in [0.15, 0.2) is 0 Å². The van der Waals surface area contributed by atoms with Gasteiger partial charge in [0.25, 0.3) is 0 Å². The van der Waals surface area contributed by atoms with Crippen LogP contribution in [0.15, 0.2) is 42.6 Å². The van der Waals surface area contributed by atoms with Crippen molar-refractivity contribution in [3.63, 3.8) is 0 Å². The number of halogens is 1. The first-order chi connectivity index (χ1) is 13.3. The summed E-state index contributed by atoms with van der Waals surface area (Å²) < 4.78 is 5.31. The second kappa shape index (κ2) is 8.80. The van der Waals surface area contributed by atoms with Gasteiger partial charge in [-0.3, -0.25) is 10.2 Å². The third-order valence-electron chi connectivity index (χ3n) is 4.39. The fourth-order valence-corrected chi connectivity index (χ4v) is 3.23. The molecule has 1 aromatic heterocycles. The minimum atomic E-state index is -0.514. The van der Waals surface area contributed by atoms with Crippen molar-refractivity contribution in [1.29, 1.82) is 0 Å². The van der Waals surface area contributed by atoms with Gasteiger partial charge in [-0.1, -0.05) is 23.7 Å². The van der Waals surface area contributed by atoms with Gasteiger partial charge in [0.1, 0.15) is 11.4 Å². The number of hydrogen-bond donors (Lipinski definition) is 1. The van der Waals surface area contributed by atoms with Gasteiger partial charge in [0.05, 0.1) is 5.02 Å². The number of carbonyl (C=O) groups excluding carboxylic acids is 1. The average Bonchev–Trinajstić information content (AvgIpc) is 2.62. The highest BCUT2D eigenvalue weighted by Crippen LogP contribution is 2.19. The van der Waals surface area contributed by atoms with Crippen LogP contribution in [0.1, 0.15) is 26.3 Å². The Morgan fingerprint density at radius 2 is 1.93 bits per heavy atom. The molecule has 0 aliphatic carbocycles. The molecule has 1 N–H and O–H groups in total. The Hall–Kier alpha value is -2.31. The van der Waals surface area contributed by atoms with Crippen molar-refractivity contribution >= 4 is 29.2 Å². The van der Waals surface area contributed by atoms with Gasteiger partial charge in [-0.05, 0) is 50.6 Å². The smallest absolute Gasteiger partial charge is 0.412 e. The highest BCUT2D eigenvalue weighted by molar-refractivity contribution is 6.30. The second-order valence-corrected chi connectivity index (χ2v) is 8.36. The Labute approximate surface area is 171 Å². The molecule has 3 rings (SSSR count). The lowest BCUT2D eigenvalue weighted by atomic mass is 10.1. The van der Waals surface area contributed by atoms with Crippen LogP contribution in [-0.2, 0) is 11.3 Å². The molecule has 1 fully saturated rings. The molecule has 0 radical (unpaired) electrons. The van der Waals surface area contributed by atoms with Gasteiger partial charge in [-0.2, -0.15) is 0 Å². The average molecular weight is 403 g/mol. The van der Waals surface area contributed by atoms with Gasteiger partial charge >= 0.3 is 6.09 Å². The van der Waals surface area contributed by atoms with E-state index in [1.807, 2.05) is 51.1 Å². The molecule has 2 heterocycles. The summed E-state index contributed by atoms with van der Waals surface area (Å²) in [5.41, 5.74) is 1.39. The van der Waals surface area contributed by atoms with Crippen LogP contribution < -0.4 is 10.2 Å². The number of ether oxygens (including phenoxy) is 1. The topological polar surface area (TPSA) is 57.7 Å². The Morgan fingerprint density at radius 3 is 2.57 bits per heavy atom. The zero-order valence-electron chi connectivity index (χ0n) is 16.6. The summed E-state index contributed by atoms with van der Waals surface area (Å²) in [5, 5.41) is 3.46. The van der Waals surface area contributed by atoms with Crippen molar-refractivity contribution in [2.24, 2.45) is 0 Å². The maximum Gasteiger partial charge on any atom is 0.412 e. The number of aromatic nitrogens is 1. The summed E-state index contributed by atoms with van der Waals surface area (Å²) in [6.45, 7) is 10.1. The first kappa shape index (κ1) is 20.4. The van der Waals surface area contributed by atoms with Crippen LogP contribution in [-0.4, -0.2) is 47.8 Å². The molecule has 1 amide bonds. The maximum absolute atomic E-state index is 12.0. The molecular formula is C21H27ClN4O2. The van der Waals surface area contributed by atoms with E-state index in [4.69, 9.17) is 16.3 Å². The van der Waals surface area contributed by atoms with E-state index in [9.17, 15) is 4.79 Å². The molecule has 0 saturated carbocycles. The van der Waals surface area contributed by atoms with Gasteiger partial charge in [-0.15, -0.1) is 0 Å². The van der Waals surface area contributed by atoms with Gasteiger partial charge in [0, 0.05) is 44.6 Å². The summed E-state index contributed by atoms with van der Waals surface area (Å²) in [5.74, 6) is 0.965. The van der Waals surface area contributed by atoms with Crippen molar-refractivity contribution in [1.82, 2.24) is 9.88 Å². The Balaban J connectivity index is 1.52. The number of amides is 1. The third-order valence-corrected chi connectivity index (χ3v) is 4.61. The summed E-state index contributed by atoms with van der Waals surface area (Å²) in [4.78, 5) is 21.0. The molecule has 2 aromatic rings. The first-order valence-electron chi connectivity index (χ1n) is 9.46. The molecular weight excluding hydrogens is 376 g/mol. The number of nitrogens with one attached hydrogen (secondary N) is 1. The zero-order chi connectivity index (χ0) is 20.1. The van der Waals surface area contributed by atoms with Crippen LogP contribution >= 0.6 is 11.6 Å². The molecule has 1 aliphatic heterocycles. The Bertz CT molecular complexity index is 797. The van der Waals surface area contributed by atoms with Crippen LogP contribution in [0.2, 0.25) is 5.02 Å². The highest BCUT2D eigenvalue weighted by atomic mass is 35.5. The third kappa shape index (κ3) is 6.11. The predicted octanol–water partition coefficient (Wildman–Crippen LogP) is 4.40. The van der Waals surface area contributed by atoms with Gasteiger partial charge in [0.2, 0.25) is 0 Å². The summed E-state index contributed by atoms with van der Waals surface area (Å²) in [7, 11) is 0. The van der Waals surface area contributed by atoms with Crippen molar-refractivity contribution in [2.45, 2.75) is 32.9 Å². The van der Waals surface area contributed by atoms with Crippen molar-refractivity contribution in [2.75, 3.05) is 36.4 Å². The molecule has 1 saturated heterocycles. The predicted molar refractivity (Wildman–Crippen MR) is 113 cm³/mol. The van der Waals surface area contributed by atoms with Crippen LogP contribution in [0.25, 0.3) is 0 Å². The van der Waals surface area contributed by atoms with Crippen molar-refractivity contribution in [3.8, 4) is 0 Å². The van der Waals surface area contributed by atoms with Gasteiger partial charge < -0.3 is 9.64 Å². The molecule has 0 unspecified atom stereocenters. The molecule has 1 aliphatic rings. The fourth-order valence-electron chi connectivity index (χ4n) is 3.12. The number of benzene rings is 1. The summed E-state index contributed by atoms with van der Waals surface area (Å²) in [6, 6.07) is 11.7. The second-order valence-electron chi connectivity index (χ2n) is 7.93. The number of pyridine rings is 1. The SMILES string of the molecule is CC(C)(C)OC(=O)Nc1cccc(CN2CCN(c3ccc(Cl)cn3)CC2)c1. The van der Waals surface area contributed by atoms with Crippen LogP contribution in [0.3, 0.4) is 0 Å². The van der Waals surface area contributed by atoms with Crippen molar-refractivity contribution in [3.05, 3.63) is 53.2 Å². The zero-order valence-corrected chi connectivity index (χ0v) is 17.4. The monoisotopic (exact) mass is 402 g/mol. The lowest BCUT2D eigenvalue weighted by molar-refractivity contribution is 0.0636. The number of carbonyl (C=O) groups is 1. The standard InChI is InChI=1S/C21H27ClN4O2/c1-21(2,3)28-20(27)24-18-6-4-5-16(13-18)15-25-9-11-26(12-10-25)19-8-7-17(22)14-23-19/h4-8,13-14H,9-12,15H2,1-3H3,(H,24,27). The molecule has 28 heavy (non-hydrogen) atoms. The van der Waals surface area contributed by atoms with Crippen LogP contribution in [0, 0.1) is 0 Å². The number of nitrogens with zero attached hydrogens (tertiary/aromatic N) is 3. The van der Waals surface area contributed by atoms with E-state index >= 15 is 0 Å². The minimum Gasteiger partial charge on any atom is -0.444 e. The van der Waals surface area contributed by atoms with E-state index in [2.05, 4.69) is 26.2 Å². The lowest BCUT2D eigenvalue weighted by Gasteiger charge is -2.35. The number of anilines is 2. The molecule has 0 spiro atoms. The first-order valence-corrected chi connectivity index (χ1v) is 9.84. The highest BCUT2D eigenvalue weighted by Gasteiger charge is 2.19. The molecule has 0 bridgehead atoms. The van der Waals surface area contributed by atoms with E-state index in [-0.39, 0.29) is 0 Å². The molecule has 150 valence electrons. The van der Waals surface area contributed by atoms with E-state index in [1.165, 1.54) is 0 Å². The van der Waals surface area contributed by atoms with Crippen LogP contribution in [0.5, 0.6) is 0 Å². The quantitative estimate of drug-likeness (QED) is 0.821. The number of piperazine rings is 1.